The SMILES string of the molecule is CCC[C@H]1CC[C@H]2c3ccc4c(c3CC[C@]12C)C=NS(=O)(=O)O4. The van der Waals surface area contributed by atoms with E-state index in [4.69, 9.17) is 4.18 Å². The number of rotatable bonds is 2. The molecule has 1 aliphatic heterocycles. The average molecular weight is 333 g/mol. The molecule has 0 aromatic heterocycles. The molecule has 0 amide bonds. The van der Waals surface area contributed by atoms with Gasteiger partial charge >= 0.3 is 10.3 Å². The summed E-state index contributed by atoms with van der Waals surface area (Å²) in [5.41, 5.74) is 3.90. The molecule has 3 atom stereocenters. The van der Waals surface area contributed by atoms with Crippen molar-refractivity contribution < 1.29 is 12.6 Å². The lowest BCUT2D eigenvalue weighted by Crippen LogP contribution is -2.33. The molecule has 1 fully saturated rings. The third-order valence-corrected chi connectivity index (χ3v) is 7.07. The summed E-state index contributed by atoms with van der Waals surface area (Å²) in [6, 6.07) is 3.91. The Morgan fingerprint density at radius 1 is 1.35 bits per heavy atom. The fourth-order valence-electron chi connectivity index (χ4n) is 5.15. The molecule has 2 aliphatic carbocycles. The highest BCUT2D eigenvalue weighted by molar-refractivity contribution is 7.86. The highest BCUT2D eigenvalue weighted by atomic mass is 32.2. The second-order valence-electron chi connectivity index (χ2n) is 7.41. The number of hydrogen-bond acceptors (Lipinski definition) is 3. The Balaban J connectivity index is 1.78. The fraction of sp³-hybridized carbons (Fsp3) is 0.611. The molecule has 0 unspecified atom stereocenters. The second-order valence-corrected chi connectivity index (χ2v) is 8.65. The molecule has 1 aromatic carbocycles. The molecule has 1 aromatic rings. The Morgan fingerprint density at radius 3 is 2.96 bits per heavy atom. The Bertz CT molecular complexity index is 784. The van der Waals surface area contributed by atoms with Gasteiger partial charge in [-0.15, -0.1) is 4.40 Å². The van der Waals surface area contributed by atoms with E-state index >= 15 is 0 Å². The van der Waals surface area contributed by atoms with Crippen molar-refractivity contribution in [2.24, 2.45) is 15.7 Å². The van der Waals surface area contributed by atoms with Crippen molar-refractivity contribution in [2.75, 3.05) is 0 Å². The first-order valence-corrected chi connectivity index (χ1v) is 9.96. The average Bonchev–Trinajstić information content (AvgIpc) is 2.83. The molecular formula is C18H23NO3S. The van der Waals surface area contributed by atoms with E-state index in [1.165, 1.54) is 49.4 Å². The number of nitrogens with zero attached hydrogens (tertiary/aromatic N) is 1. The number of benzene rings is 1. The van der Waals surface area contributed by atoms with Crippen LogP contribution in [0.15, 0.2) is 16.5 Å². The van der Waals surface area contributed by atoms with E-state index < -0.39 is 10.3 Å². The molecule has 4 nitrogen and oxygen atoms in total. The lowest BCUT2D eigenvalue weighted by Gasteiger charge is -2.42. The smallest absolute Gasteiger partial charge is 0.365 e. The van der Waals surface area contributed by atoms with Crippen LogP contribution in [0.4, 0.5) is 0 Å². The van der Waals surface area contributed by atoms with Crippen LogP contribution < -0.4 is 4.18 Å². The minimum atomic E-state index is -3.80. The van der Waals surface area contributed by atoms with Crippen molar-refractivity contribution in [3.05, 3.63) is 28.8 Å². The van der Waals surface area contributed by atoms with E-state index in [-0.39, 0.29) is 0 Å². The summed E-state index contributed by atoms with van der Waals surface area (Å²) in [4.78, 5) is 0. The van der Waals surface area contributed by atoms with E-state index in [1.807, 2.05) is 6.07 Å². The first kappa shape index (κ1) is 15.2. The summed E-state index contributed by atoms with van der Waals surface area (Å²) in [6.45, 7) is 4.74. The minimum Gasteiger partial charge on any atom is -0.365 e. The van der Waals surface area contributed by atoms with Crippen molar-refractivity contribution in [3.8, 4) is 5.75 Å². The van der Waals surface area contributed by atoms with Gasteiger partial charge in [0.15, 0.2) is 5.75 Å². The molecule has 1 heterocycles. The van der Waals surface area contributed by atoms with Gasteiger partial charge in [0.1, 0.15) is 0 Å². The third kappa shape index (κ3) is 2.24. The highest BCUT2D eigenvalue weighted by Crippen LogP contribution is 2.60. The van der Waals surface area contributed by atoms with Crippen LogP contribution >= 0.6 is 0 Å². The zero-order chi connectivity index (χ0) is 16.2. The highest BCUT2D eigenvalue weighted by Gasteiger charge is 2.49. The summed E-state index contributed by atoms with van der Waals surface area (Å²) in [6.07, 6.45) is 8.76. The largest absolute Gasteiger partial charge is 0.428 e. The molecule has 4 rings (SSSR count). The minimum absolute atomic E-state index is 0.385. The van der Waals surface area contributed by atoms with E-state index in [0.717, 1.165) is 17.9 Å². The van der Waals surface area contributed by atoms with Gasteiger partial charge in [0.2, 0.25) is 0 Å². The van der Waals surface area contributed by atoms with Crippen LogP contribution in [0.2, 0.25) is 0 Å². The van der Waals surface area contributed by atoms with Crippen LogP contribution in [0.1, 0.15) is 68.6 Å². The first-order chi connectivity index (χ1) is 10.9. The molecule has 0 spiro atoms. The van der Waals surface area contributed by atoms with Crippen LogP contribution in [-0.4, -0.2) is 14.6 Å². The fourth-order valence-corrected chi connectivity index (χ4v) is 5.80. The molecule has 0 N–H and O–H groups in total. The van der Waals surface area contributed by atoms with E-state index in [1.54, 1.807) is 0 Å². The lowest BCUT2D eigenvalue weighted by atomic mass is 9.62. The van der Waals surface area contributed by atoms with Crippen LogP contribution in [0.25, 0.3) is 0 Å². The van der Waals surface area contributed by atoms with Crippen molar-refractivity contribution in [3.63, 3.8) is 0 Å². The standard InChI is InChI=1S/C18H23NO3S/c1-3-4-12-5-7-16-14-6-8-17-15(11-19-23(20,21)22-17)13(14)9-10-18(12,16)2/h6,8,11-12,16H,3-5,7,9-10H2,1-2H3/t12-,16-,18+/m0/s1. The maximum atomic E-state index is 11.5. The van der Waals surface area contributed by atoms with Gasteiger partial charge in [-0.2, -0.15) is 8.42 Å². The van der Waals surface area contributed by atoms with Gasteiger partial charge in [0, 0.05) is 5.56 Å². The van der Waals surface area contributed by atoms with Gasteiger partial charge in [-0.25, -0.2) is 0 Å². The maximum Gasteiger partial charge on any atom is 0.428 e. The van der Waals surface area contributed by atoms with Crippen LogP contribution in [0.3, 0.4) is 0 Å². The third-order valence-electron chi connectivity index (χ3n) is 6.32. The van der Waals surface area contributed by atoms with Gasteiger partial charge in [0.05, 0.1) is 6.21 Å². The Labute approximate surface area is 138 Å². The van der Waals surface area contributed by atoms with Gasteiger partial charge in [-0.1, -0.05) is 32.8 Å². The van der Waals surface area contributed by atoms with Crippen LogP contribution in [-0.2, 0) is 16.7 Å². The zero-order valence-electron chi connectivity index (χ0n) is 13.7. The Kier molecular flexibility index (Phi) is 3.34. The van der Waals surface area contributed by atoms with Crippen molar-refractivity contribution in [1.82, 2.24) is 0 Å². The number of hydrogen-bond donors (Lipinski definition) is 0. The molecule has 5 heteroatoms. The van der Waals surface area contributed by atoms with Crippen molar-refractivity contribution >= 4 is 16.5 Å². The molecule has 124 valence electrons. The second kappa shape index (κ2) is 5.07. The van der Waals surface area contributed by atoms with Gasteiger partial charge < -0.3 is 4.18 Å². The Hall–Kier alpha value is -1.36. The van der Waals surface area contributed by atoms with E-state index in [2.05, 4.69) is 24.3 Å². The predicted molar refractivity (Wildman–Crippen MR) is 90.4 cm³/mol. The topological polar surface area (TPSA) is 55.7 Å². The van der Waals surface area contributed by atoms with Crippen molar-refractivity contribution in [2.45, 2.75) is 58.3 Å². The Morgan fingerprint density at radius 2 is 2.17 bits per heavy atom. The van der Waals surface area contributed by atoms with Gasteiger partial charge in [-0.3, -0.25) is 0 Å². The van der Waals surface area contributed by atoms with Crippen molar-refractivity contribution in [1.29, 1.82) is 0 Å². The molecule has 1 saturated carbocycles. The van der Waals surface area contributed by atoms with Gasteiger partial charge in [-0.05, 0) is 60.1 Å². The summed E-state index contributed by atoms with van der Waals surface area (Å²) in [5, 5.41) is 0. The molecule has 0 radical (unpaired) electrons. The molecule has 3 aliphatic rings. The van der Waals surface area contributed by atoms with E-state index in [0.29, 0.717) is 17.1 Å². The van der Waals surface area contributed by atoms with Crippen LogP contribution in [0.5, 0.6) is 5.75 Å². The summed E-state index contributed by atoms with van der Waals surface area (Å²) >= 11 is 0. The molecular weight excluding hydrogens is 310 g/mol. The molecule has 0 bridgehead atoms. The van der Waals surface area contributed by atoms with E-state index in [9.17, 15) is 8.42 Å². The summed E-state index contributed by atoms with van der Waals surface area (Å²) in [7, 11) is -3.80. The molecule has 0 saturated heterocycles. The summed E-state index contributed by atoms with van der Waals surface area (Å²) in [5.74, 6) is 1.83. The number of fused-ring (bicyclic) bond motifs is 5. The molecule has 23 heavy (non-hydrogen) atoms. The van der Waals surface area contributed by atoms with Crippen LogP contribution in [0, 0.1) is 11.3 Å². The predicted octanol–water partition coefficient (Wildman–Crippen LogP) is 3.99. The lowest BCUT2D eigenvalue weighted by molar-refractivity contribution is 0.163. The quantitative estimate of drug-likeness (QED) is 0.822. The normalized spacial score (nSPS) is 33.5. The maximum absolute atomic E-state index is 11.5. The monoisotopic (exact) mass is 333 g/mol. The zero-order valence-corrected chi connectivity index (χ0v) is 14.5. The van der Waals surface area contributed by atoms with Gasteiger partial charge in [0.25, 0.3) is 0 Å². The first-order valence-electron chi connectivity index (χ1n) is 8.60. The summed E-state index contributed by atoms with van der Waals surface area (Å²) < 4.78 is 31.7.